The van der Waals surface area contributed by atoms with Gasteiger partial charge in [-0.3, -0.25) is 4.79 Å². The average molecular weight is 198 g/mol. The van der Waals surface area contributed by atoms with Crippen molar-refractivity contribution in [3.8, 4) is 0 Å². The van der Waals surface area contributed by atoms with Gasteiger partial charge in [-0.25, -0.2) is 0 Å². The molecule has 0 N–H and O–H groups in total. The standard InChI is InChI=1S/C11H18O3/c1-4-9(12)8-5-6-10(13-2)11(7-8)14-3/h5,10-11H,4,6-7H2,1-3H3. The van der Waals surface area contributed by atoms with Crippen molar-refractivity contribution in [1.82, 2.24) is 0 Å². The summed E-state index contributed by atoms with van der Waals surface area (Å²) in [5, 5.41) is 0. The Labute approximate surface area is 85.1 Å². The molecule has 1 aliphatic rings. The van der Waals surface area contributed by atoms with E-state index in [0.717, 1.165) is 12.0 Å². The van der Waals surface area contributed by atoms with Gasteiger partial charge in [0, 0.05) is 27.1 Å². The lowest BCUT2D eigenvalue weighted by atomic mass is 9.91. The highest BCUT2D eigenvalue weighted by molar-refractivity contribution is 5.95. The number of Topliss-reactive ketones (excluding diaryl/α,β-unsaturated/α-hetero) is 1. The molecule has 3 nitrogen and oxygen atoms in total. The minimum absolute atomic E-state index is 0.0236. The van der Waals surface area contributed by atoms with E-state index in [4.69, 9.17) is 9.47 Å². The van der Waals surface area contributed by atoms with E-state index in [9.17, 15) is 4.79 Å². The Morgan fingerprint density at radius 3 is 2.57 bits per heavy atom. The van der Waals surface area contributed by atoms with Gasteiger partial charge in [-0.1, -0.05) is 13.0 Å². The normalized spacial score (nSPS) is 27.2. The molecule has 1 aliphatic carbocycles. The molecular weight excluding hydrogens is 180 g/mol. The fourth-order valence-electron chi connectivity index (χ4n) is 1.78. The third kappa shape index (κ3) is 2.42. The highest BCUT2D eigenvalue weighted by Crippen LogP contribution is 2.24. The highest BCUT2D eigenvalue weighted by atomic mass is 16.5. The molecule has 0 aliphatic heterocycles. The molecule has 0 fully saturated rings. The molecule has 1 rings (SSSR count). The number of ether oxygens (including phenoxy) is 2. The van der Waals surface area contributed by atoms with Crippen LogP contribution in [0.4, 0.5) is 0 Å². The molecule has 0 heterocycles. The van der Waals surface area contributed by atoms with Crippen LogP contribution >= 0.6 is 0 Å². The summed E-state index contributed by atoms with van der Waals surface area (Å²) in [6.45, 7) is 1.88. The molecule has 0 aromatic rings. The van der Waals surface area contributed by atoms with Crippen molar-refractivity contribution in [2.24, 2.45) is 0 Å². The molecule has 0 saturated carbocycles. The minimum Gasteiger partial charge on any atom is -0.378 e. The average Bonchev–Trinajstić information content (AvgIpc) is 2.26. The van der Waals surface area contributed by atoms with Crippen LogP contribution in [0.2, 0.25) is 0 Å². The van der Waals surface area contributed by atoms with Crippen molar-refractivity contribution in [3.63, 3.8) is 0 Å². The summed E-state index contributed by atoms with van der Waals surface area (Å²) in [7, 11) is 3.34. The molecule has 0 radical (unpaired) electrons. The number of hydrogen-bond donors (Lipinski definition) is 0. The summed E-state index contributed by atoms with van der Waals surface area (Å²) in [5.74, 6) is 0.224. The van der Waals surface area contributed by atoms with Crippen LogP contribution in [0.1, 0.15) is 26.2 Å². The van der Waals surface area contributed by atoms with Crippen LogP contribution in [-0.2, 0) is 14.3 Å². The maximum Gasteiger partial charge on any atom is 0.158 e. The quantitative estimate of drug-likeness (QED) is 0.690. The number of rotatable bonds is 4. The van der Waals surface area contributed by atoms with Gasteiger partial charge in [-0.2, -0.15) is 0 Å². The van der Waals surface area contributed by atoms with Crippen LogP contribution in [-0.4, -0.2) is 32.2 Å². The Morgan fingerprint density at radius 2 is 2.07 bits per heavy atom. The zero-order valence-electron chi connectivity index (χ0n) is 9.08. The fourth-order valence-corrected chi connectivity index (χ4v) is 1.78. The Kier molecular flexibility index (Phi) is 4.29. The van der Waals surface area contributed by atoms with E-state index in [-0.39, 0.29) is 18.0 Å². The predicted octanol–water partition coefficient (Wildman–Crippen LogP) is 1.72. The van der Waals surface area contributed by atoms with Crippen LogP contribution in [0.25, 0.3) is 0 Å². The van der Waals surface area contributed by atoms with E-state index >= 15 is 0 Å². The Hall–Kier alpha value is -0.670. The minimum atomic E-state index is 0.0236. The highest BCUT2D eigenvalue weighted by Gasteiger charge is 2.27. The molecule has 3 heteroatoms. The van der Waals surface area contributed by atoms with Gasteiger partial charge in [0.15, 0.2) is 5.78 Å². The van der Waals surface area contributed by atoms with Gasteiger partial charge in [0.25, 0.3) is 0 Å². The maximum atomic E-state index is 11.5. The molecule has 0 saturated heterocycles. The SMILES string of the molecule is CCC(=O)C1=CCC(OC)C(OC)C1. The van der Waals surface area contributed by atoms with Gasteiger partial charge in [-0.05, 0) is 12.0 Å². The zero-order chi connectivity index (χ0) is 10.6. The van der Waals surface area contributed by atoms with E-state index in [1.807, 2.05) is 13.0 Å². The summed E-state index contributed by atoms with van der Waals surface area (Å²) in [6.07, 6.45) is 4.12. The third-order valence-corrected chi connectivity index (χ3v) is 2.72. The van der Waals surface area contributed by atoms with Gasteiger partial charge in [0.05, 0.1) is 12.2 Å². The van der Waals surface area contributed by atoms with Crippen molar-refractivity contribution in [2.75, 3.05) is 14.2 Å². The first kappa shape index (κ1) is 11.4. The van der Waals surface area contributed by atoms with E-state index < -0.39 is 0 Å². The predicted molar refractivity (Wildman–Crippen MR) is 54.2 cm³/mol. The number of carbonyl (C=O) groups is 1. The first-order valence-electron chi connectivity index (χ1n) is 5.00. The summed E-state index contributed by atoms with van der Waals surface area (Å²) in [6, 6.07) is 0. The lowest BCUT2D eigenvalue weighted by Gasteiger charge is -2.28. The van der Waals surface area contributed by atoms with Crippen LogP contribution < -0.4 is 0 Å². The molecule has 2 unspecified atom stereocenters. The zero-order valence-corrected chi connectivity index (χ0v) is 9.08. The van der Waals surface area contributed by atoms with E-state index in [0.29, 0.717) is 12.8 Å². The van der Waals surface area contributed by atoms with Crippen LogP contribution in [0.3, 0.4) is 0 Å². The molecule has 0 aromatic carbocycles. The molecule has 0 bridgehead atoms. The van der Waals surface area contributed by atoms with E-state index in [1.54, 1.807) is 14.2 Å². The summed E-state index contributed by atoms with van der Waals surface area (Å²) >= 11 is 0. The molecular formula is C11H18O3. The van der Waals surface area contributed by atoms with Crippen molar-refractivity contribution >= 4 is 5.78 Å². The van der Waals surface area contributed by atoms with E-state index in [2.05, 4.69) is 0 Å². The van der Waals surface area contributed by atoms with Gasteiger partial charge in [-0.15, -0.1) is 0 Å². The van der Waals surface area contributed by atoms with Gasteiger partial charge < -0.3 is 9.47 Å². The molecule has 80 valence electrons. The second kappa shape index (κ2) is 5.27. The van der Waals surface area contributed by atoms with E-state index in [1.165, 1.54) is 0 Å². The Morgan fingerprint density at radius 1 is 1.43 bits per heavy atom. The Balaban J connectivity index is 2.67. The third-order valence-electron chi connectivity index (χ3n) is 2.72. The topological polar surface area (TPSA) is 35.5 Å². The number of carbonyl (C=O) groups excluding carboxylic acids is 1. The molecule has 2 atom stereocenters. The second-order valence-electron chi connectivity index (χ2n) is 3.49. The first-order chi connectivity index (χ1) is 6.72. The van der Waals surface area contributed by atoms with Gasteiger partial charge in [0.1, 0.15) is 0 Å². The van der Waals surface area contributed by atoms with Crippen LogP contribution in [0, 0.1) is 0 Å². The maximum absolute atomic E-state index is 11.5. The number of methoxy groups -OCH3 is 2. The van der Waals surface area contributed by atoms with Crippen molar-refractivity contribution in [1.29, 1.82) is 0 Å². The molecule has 0 spiro atoms. The number of ketones is 1. The Bertz CT molecular complexity index is 233. The largest absolute Gasteiger partial charge is 0.378 e. The monoisotopic (exact) mass is 198 g/mol. The fraction of sp³-hybridized carbons (Fsp3) is 0.727. The first-order valence-corrected chi connectivity index (χ1v) is 5.00. The molecule has 0 aromatic heterocycles. The summed E-state index contributed by atoms with van der Waals surface area (Å²) < 4.78 is 10.6. The lowest BCUT2D eigenvalue weighted by molar-refractivity contribution is -0.116. The second-order valence-corrected chi connectivity index (χ2v) is 3.49. The van der Waals surface area contributed by atoms with Crippen LogP contribution in [0.5, 0.6) is 0 Å². The number of hydrogen-bond acceptors (Lipinski definition) is 3. The van der Waals surface area contributed by atoms with Crippen LogP contribution in [0.15, 0.2) is 11.6 Å². The van der Waals surface area contributed by atoms with Crippen molar-refractivity contribution in [3.05, 3.63) is 11.6 Å². The van der Waals surface area contributed by atoms with Crippen molar-refractivity contribution in [2.45, 2.75) is 38.4 Å². The lowest BCUT2D eigenvalue weighted by Crippen LogP contribution is -2.33. The summed E-state index contributed by atoms with van der Waals surface area (Å²) in [4.78, 5) is 11.5. The molecule has 14 heavy (non-hydrogen) atoms. The summed E-state index contributed by atoms with van der Waals surface area (Å²) in [5.41, 5.74) is 0.896. The van der Waals surface area contributed by atoms with Gasteiger partial charge >= 0.3 is 0 Å². The molecule has 0 amide bonds. The smallest absolute Gasteiger partial charge is 0.158 e. The van der Waals surface area contributed by atoms with Gasteiger partial charge in [0.2, 0.25) is 0 Å². The van der Waals surface area contributed by atoms with Crippen molar-refractivity contribution < 1.29 is 14.3 Å².